The molecule has 1 aliphatic carbocycles. The lowest BCUT2D eigenvalue weighted by atomic mass is 10.2. The molecule has 0 aliphatic heterocycles. The standard InChI is InChI=1S/C11H14FNO/c1-14-10-5-2-8(11(12)6-10)7-13-9-3-4-9/h2,5-6,9,13H,3-4,7H2,1H3. The molecule has 0 spiro atoms. The zero-order valence-electron chi connectivity index (χ0n) is 8.22. The minimum atomic E-state index is -0.197. The second-order valence-corrected chi connectivity index (χ2v) is 3.61. The Morgan fingerprint density at radius 2 is 2.29 bits per heavy atom. The number of benzene rings is 1. The summed E-state index contributed by atoms with van der Waals surface area (Å²) in [5.74, 6) is 0.371. The molecule has 0 radical (unpaired) electrons. The van der Waals surface area contributed by atoms with Gasteiger partial charge in [0.1, 0.15) is 11.6 Å². The topological polar surface area (TPSA) is 21.3 Å². The van der Waals surface area contributed by atoms with Crippen molar-refractivity contribution in [3.8, 4) is 5.75 Å². The molecule has 2 nitrogen and oxygen atoms in total. The second-order valence-electron chi connectivity index (χ2n) is 3.61. The lowest BCUT2D eigenvalue weighted by molar-refractivity contribution is 0.410. The molecule has 3 heteroatoms. The van der Waals surface area contributed by atoms with Crippen LogP contribution in [0.3, 0.4) is 0 Å². The third kappa shape index (κ3) is 2.23. The summed E-state index contributed by atoms with van der Waals surface area (Å²) in [7, 11) is 1.54. The van der Waals surface area contributed by atoms with Gasteiger partial charge in [-0.25, -0.2) is 4.39 Å². The fourth-order valence-corrected chi connectivity index (χ4v) is 1.34. The average molecular weight is 195 g/mol. The molecule has 0 bridgehead atoms. The summed E-state index contributed by atoms with van der Waals surface area (Å²) in [6, 6.07) is 5.58. The van der Waals surface area contributed by atoms with Gasteiger partial charge in [0.2, 0.25) is 0 Å². The molecule has 1 aromatic carbocycles. The van der Waals surface area contributed by atoms with Crippen molar-refractivity contribution >= 4 is 0 Å². The first-order valence-corrected chi connectivity index (χ1v) is 4.85. The summed E-state index contributed by atoms with van der Waals surface area (Å²) < 4.78 is 18.3. The van der Waals surface area contributed by atoms with Gasteiger partial charge in [0.15, 0.2) is 0 Å². The molecular weight excluding hydrogens is 181 g/mol. The Balaban J connectivity index is 2.01. The predicted octanol–water partition coefficient (Wildman–Crippen LogP) is 2.09. The van der Waals surface area contributed by atoms with E-state index in [0.29, 0.717) is 23.9 Å². The molecular formula is C11H14FNO. The van der Waals surface area contributed by atoms with Gasteiger partial charge < -0.3 is 10.1 Å². The summed E-state index contributed by atoms with van der Waals surface area (Å²) in [6.07, 6.45) is 2.44. The molecule has 76 valence electrons. The molecule has 1 fully saturated rings. The number of nitrogens with one attached hydrogen (secondary N) is 1. The van der Waals surface area contributed by atoms with Crippen molar-refractivity contribution < 1.29 is 9.13 Å². The van der Waals surface area contributed by atoms with Crippen LogP contribution in [0, 0.1) is 5.82 Å². The molecule has 1 saturated carbocycles. The summed E-state index contributed by atoms with van der Waals surface area (Å²) >= 11 is 0. The number of hydrogen-bond donors (Lipinski definition) is 1. The van der Waals surface area contributed by atoms with E-state index in [1.54, 1.807) is 12.1 Å². The van der Waals surface area contributed by atoms with Crippen LogP contribution in [0.4, 0.5) is 4.39 Å². The Morgan fingerprint density at radius 1 is 1.50 bits per heavy atom. The third-order valence-electron chi connectivity index (χ3n) is 2.42. The fraction of sp³-hybridized carbons (Fsp3) is 0.455. The maximum atomic E-state index is 13.4. The van der Waals surface area contributed by atoms with Crippen LogP contribution >= 0.6 is 0 Å². The molecule has 0 amide bonds. The van der Waals surface area contributed by atoms with Crippen LogP contribution in [-0.2, 0) is 6.54 Å². The number of hydrogen-bond acceptors (Lipinski definition) is 2. The quantitative estimate of drug-likeness (QED) is 0.794. The van der Waals surface area contributed by atoms with Crippen molar-refractivity contribution in [2.45, 2.75) is 25.4 Å². The molecule has 0 atom stereocenters. The lowest BCUT2D eigenvalue weighted by Gasteiger charge is -2.06. The molecule has 0 unspecified atom stereocenters. The van der Waals surface area contributed by atoms with E-state index in [9.17, 15) is 4.39 Å². The molecule has 0 aromatic heterocycles. The zero-order valence-corrected chi connectivity index (χ0v) is 8.22. The Hall–Kier alpha value is -1.09. The van der Waals surface area contributed by atoms with E-state index < -0.39 is 0 Å². The Kier molecular flexibility index (Phi) is 2.68. The summed E-state index contributed by atoms with van der Waals surface area (Å²) in [4.78, 5) is 0. The highest BCUT2D eigenvalue weighted by Crippen LogP contribution is 2.21. The van der Waals surface area contributed by atoms with E-state index in [0.717, 1.165) is 0 Å². The molecule has 2 rings (SSSR count). The van der Waals surface area contributed by atoms with Gasteiger partial charge in [-0.3, -0.25) is 0 Å². The molecule has 1 aliphatic rings. The van der Waals surface area contributed by atoms with Gasteiger partial charge in [0.25, 0.3) is 0 Å². The van der Waals surface area contributed by atoms with E-state index >= 15 is 0 Å². The van der Waals surface area contributed by atoms with E-state index in [-0.39, 0.29) is 5.82 Å². The van der Waals surface area contributed by atoms with Crippen molar-refractivity contribution in [3.63, 3.8) is 0 Å². The maximum Gasteiger partial charge on any atom is 0.131 e. The van der Waals surface area contributed by atoms with Gasteiger partial charge in [-0.05, 0) is 18.9 Å². The van der Waals surface area contributed by atoms with Crippen molar-refractivity contribution in [1.82, 2.24) is 5.32 Å². The van der Waals surface area contributed by atoms with Crippen LogP contribution in [0.25, 0.3) is 0 Å². The van der Waals surface area contributed by atoms with Gasteiger partial charge in [0, 0.05) is 24.2 Å². The SMILES string of the molecule is COc1ccc(CNC2CC2)c(F)c1. The van der Waals surface area contributed by atoms with Crippen molar-refractivity contribution in [2.75, 3.05) is 7.11 Å². The van der Waals surface area contributed by atoms with Crippen LogP contribution in [0.2, 0.25) is 0 Å². The molecule has 1 aromatic rings. The largest absolute Gasteiger partial charge is 0.497 e. The predicted molar refractivity (Wildman–Crippen MR) is 52.8 cm³/mol. The van der Waals surface area contributed by atoms with Gasteiger partial charge in [-0.1, -0.05) is 6.07 Å². The lowest BCUT2D eigenvalue weighted by Crippen LogP contribution is -2.16. The molecule has 1 N–H and O–H groups in total. The monoisotopic (exact) mass is 195 g/mol. The van der Waals surface area contributed by atoms with Gasteiger partial charge in [-0.2, -0.15) is 0 Å². The third-order valence-corrected chi connectivity index (χ3v) is 2.42. The van der Waals surface area contributed by atoms with Crippen LogP contribution < -0.4 is 10.1 Å². The van der Waals surface area contributed by atoms with Crippen molar-refractivity contribution in [3.05, 3.63) is 29.6 Å². The number of halogens is 1. The first-order chi connectivity index (χ1) is 6.79. The van der Waals surface area contributed by atoms with Gasteiger partial charge in [-0.15, -0.1) is 0 Å². The van der Waals surface area contributed by atoms with Crippen LogP contribution in [0.15, 0.2) is 18.2 Å². The summed E-state index contributed by atoms with van der Waals surface area (Å²) in [5.41, 5.74) is 0.706. The first-order valence-electron chi connectivity index (χ1n) is 4.85. The van der Waals surface area contributed by atoms with Crippen LogP contribution in [-0.4, -0.2) is 13.2 Å². The summed E-state index contributed by atoms with van der Waals surface area (Å²) in [5, 5.41) is 3.27. The van der Waals surface area contributed by atoms with E-state index in [4.69, 9.17) is 4.74 Å². The molecule has 14 heavy (non-hydrogen) atoms. The minimum Gasteiger partial charge on any atom is -0.497 e. The van der Waals surface area contributed by atoms with Crippen molar-refractivity contribution in [1.29, 1.82) is 0 Å². The van der Waals surface area contributed by atoms with E-state index in [1.165, 1.54) is 26.0 Å². The Morgan fingerprint density at radius 3 is 2.86 bits per heavy atom. The smallest absolute Gasteiger partial charge is 0.131 e. The molecule has 0 saturated heterocycles. The first kappa shape index (κ1) is 9.46. The summed E-state index contributed by atoms with van der Waals surface area (Å²) in [6.45, 7) is 0.612. The van der Waals surface area contributed by atoms with Gasteiger partial charge >= 0.3 is 0 Å². The highest BCUT2D eigenvalue weighted by molar-refractivity contribution is 5.28. The van der Waals surface area contributed by atoms with E-state index in [2.05, 4.69) is 5.32 Å². The second kappa shape index (κ2) is 3.96. The van der Waals surface area contributed by atoms with Gasteiger partial charge in [0.05, 0.1) is 7.11 Å². The number of rotatable bonds is 4. The Labute approximate surface area is 83.1 Å². The highest BCUT2D eigenvalue weighted by atomic mass is 19.1. The number of ether oxygens (including phenoxy) is 1. The zero-order chi connectivity index (χ0) is 9.97. The normalized spacial score (nSPS) is 15.6. The number of methoxy groups -OCH3 is 1. The van der Waals surface area contributed by atoms with E-state index in [1.807, 2.05) is 0 Å². The minimum absolute atomic E-state index is 0.197. The highest BCUT2D eigenvalue weighted by Gasteiger charge is 2.20. The Bertz CT molecular complexity index is 323. The fourth-order valence-electron chi connectivity index (χ4n) is 1.34. The molecule has 0 heterocycles. The maximum absolute atomic E-state index is 13.4. The van der Waals surface area contributed by atoms with Crippen molar-refractivity contribution in [2.24, 2.45) is 0 Å². The van der Waals surface area contributed by atoms with Crippen LogP contribution in [0.1, 0.15) is 18.4 Å². The average Bonchev–Trinajstić information content (AvgIpc) is 2.99. The van der Waals surface area contributed by atoms with Crippen LogP contribution in [0.5, 0.6) is 5.75 Å².